The van der Waals surface area contributed by atoms with Crippen LogP contribution in [0, 0.1) is 23.2 Å². The molecule has 0 spiro atoms. The first-order chi connectivity index (χ1) is 23.5. The van der Waals surface area contributed by atoms with E-state index in [0.29, 0.717) is 48.6 Å². The highest BCUT2D eigenvalue weighted by molar-refractivity contribution is 7.90. The van der Waals surface area contributed by atoms with Crippen molar-refractivity contribution in [3.63, 3.8) is 0 Å². The van der Waals surface area contributed by atoms with Crippen molar-refractivity contribution in [2.45, 2.75) is 109 Å². The monoisotopic (exact) mass is 692 g/mol. The number of benzene rings is 2. The van der Waals surface area contributed by atoms with Gasteiger partial charge in [0, 0.05) is 32.0 Å². The summed E-state index contributed by atoms with van der Waals surface area (Å²) in [4.78, 5) is 41.4. The number of nitrogens with one attached hydrogen (secondary N) is 2. The zero-order valence-corrected chi connectivity index (χ0v) is 30.0. The number of Topliss-reactive ketones (excluding diaryl/α,β-unsaturated/α-hetero) is 1. The Balaban J connectivity index is 1.44. The van der Waals surface area contributed by atoms with Gasteiger partial charge in [0.2, 0.25) is 11.8 Å². The van der Waals surface area contributed by atoms with Crippen LogP contribution in [0.25, 0.3) is 0 Å². The van der Waals surface area contributed by atoms with Crippen LogP contribution in [-0.2, 0) is 36.4 Å². The molecule has 1 saturated carbocycles. The lowest BCUT2D eigenvalue weighted by atomic mass is 9.84. The van der Waals surface area contributed by atoms with Gasteiger partial charge in [-0.05, 0) is 61.5 Å². The predicted molar refractivity (Wildman–Crippen MR) is 195 cm³/mol. The van der Waals surface area contributed by atoms with Gasteiger partial charge in [0.1, 0.15) is 5.84 Å². The van der Waals surface area contributed by atoms with E-state index >= 15 is 0 Å². The van der Waals surface area contributed by atoms with E-state index < -0.39 is 21.8 Å². The largest absolute Gasteiger partial charge is 0.384 e. The Hall–Kier alpha value is -3.53. The lowest BCUT2D eigenvalue weighted by Crippen LogP contribution is -2.45. The normalized spacial score (nSPS) is 17.3. The molecule has 0 unspecified atom stereocenters. The standard InChI is InChI=1S/C39H56N4O5S/c1-29(44)43-25-23-31(24-26-43)13-8-14-35(28-49(47,48)27-33-11-6-3-7-12-33)39(46)42-36(21-17-30-9-4-2-5-10-30)37(45)22-18-32-15-19-34(20-16-32)38(40)41/h3,6-7,11-12,15-16,19-20,30-31,35-36H,2,4-5,8-10,13-14,17-18,21-28H2,1H3,(H3,40,41)(H,42,46)/t35-,36-/m0/s1. The Morgan fingerprint density at radius 2 is 1.53 bits per heavy atom. The van der Waals surface area contributed by atoms with Crippen LogP contribution in [0.4, 0.5) is 0 Å². The summed E-state index contributed by atoms with van der Waals surface area (Å²) in [6.07, 6.45) is 11.9. The van der Waals surface area contributed by atoms with Crippen LogP contribution in [-0.4, -0.2) is 61.6 Å². The van der Waals surface area contributed by atoms with Gasteiger partial charge in [-0.3, -0.25) is 19.8 Å². The lowest BCUT2D eigenvalue weighted by molar-refractivity contribution is -0.130. The van der Waals surface area contributed by atoms with E-state index in [2.05, 4.69) is 5.32 Å². The number of rotatable bonds is 18. The molecular formula is C39H56N4O5S. The van der Waals surface area contributed by atoms with Crippen molar-refractivity contribution in [3.8, 4) is 0 Å². The van der Waals surface area contributed by atoms with Gasteiger partial charge >= 0.3 is 0 Å². The summed E-state index contributed by atoms with van der Waals surface area (Å²) < 4.78 is 26.9. The van der Waals surface area contributed by atoms with Crippen LogP contribution in [0.3, 0.4) is 0 Å². The molecule has 2 fully saturated rings. The highest BCUT2D eigenvalue weighted by Gasteiger charge is 2.30. The molecule has 10 heteroatoms. The van der Waals surface area contributed by atoms with Gasteiger partial charge in [0.15, 0.2) is 15.6 Å². The number of hydrogen-bond acceptors (Lipinski definition) is 6. The van der Waals surface area contributed by atoms with Crippen LogP contribution in [0.5, 0.6) is 0 Å². The molecule has 9 nitrogen and oxygen atoms in total. The van der Waals surface area contributed by atoms with E-state index in [9.17, 15) is 22.8 Å². The minimum Gasteiger partial charge on any atom is -0.384 e. The second kappa shape index (κ2) is 19.0. The van der Waals surface area contributed by atoms with E-state index in [4.69, 9.17) is 11.1 Å². The Bertz CT molecular complexity index is 1480. The van der Waals surface area contributed by atoms with Crippen molar-refractivity contribution in [1.82, 2.24) is 10.2 Å². The number of aryl methyl sites for hydroxylation is 1. The SMILES string of the molecule is CC(=O)N1CCC(CCC[C@@H](CS(=O)(=O)Cc2ccccc2)C(=O)N[C@@H](CCC2CCCCC2)C(=O)CCc2ccc(C(=N)N)cc2)CC1. The number of nitrogen functional groups attached to an aromatic ring is 1. The van der Waals surface area contributed by atoms with Crippen molar-refractivity contribution in [2.24, 2.45) is 23.5 Å². The quantitative estimate of drug-likeness (QED) is 0.129. The Labute approximate surface area is 293 Å². The van der Waals surface area contributed by atoms with Crippen LogP contribution < -0.4 is 11.1 Å². The van der Waals surface area contributed by atoms with Gasteiger partial charge < -0.3 is 16.0 Å². The van der Waals surface area contributed by atoms with Gasteiger partial charge in [-0.15, -0.1) is 0 Å². The third-order valence-electron chi connectivity index (χ3n) is 10.5. The molecule has 2 aromatic carbocycles. The molecule has 268 valence electrons. The molecule has 2 atom stereocenters. The summed E-state index contributed by atoms with van der Waals surface area (Å²) in [5, 5.41) is 10.7. The Morgan fingerprint density at radius 1 is 0.878 bits per heavy atom. The van der Waals surface area contributed by atoms with E-state index in [0.717, 1.165) is 57.2 Å². The molecule has 4 rings (SSSR count). The van der Waals surface area contributed by atoms with Crippen LogP contribution in [0.1, 0.15) is 107 Å². The summed E-state index contributed by atoms with van der Waals surface area (Å²) in [5.74, 6) is -0.472. The smallest absolute Gasteiger partial charge is 0.224 e. The molecular weight excluding hydrogens is 637 g/mol. The van der Waals surface area contributed by atoms with Gasteiger partial charge in [-0.2, -0.15) is 0 Å². The molecule has 1 aliphatic heterocycles. The zero-order valence-electron chi connectivity index (χ0n) is 29.2. The average molecular weight is 693 g/mol. The maximum atomic E-state index is 14.0. The van der Waals surface area contributed by atoms with E-state index in [-0.39, 0.29) is 41.4 Å². The topological polar surface area (TPSA) is 150 Å². The van der Waals surface area contributed by atoms with Crippen molar-refractivity contribution in [2.75, 3.05) is 18.8 Å². The zero-order chi connectivity index (χ0) is 35.2. The molecule has 0 radical (unpaired) electrons. The maximum absolute atomic E-state index is 14.0. The molecule has 1 aliphatic carbocycles. The second-order valence-electron chi connectivity index (χ2n) is 14.3. The molecule has 49 heavy (non-hydrogen) atoms. The Kier molecular flexibility index (Phi) is 14.9. The van der Waals surface area contributed by atoms with Gasteiger partial charge in [-0.1, -0.05) is 99.5 Å². The number of likely N-dealkylation sites (tertiary alicyclic amines) is 1. The molecule has 2 amide bonds. The van der Waals surface area contributed by atoms with E-state index in [1.165, 1.54) is 19.3 Å². The fourth-order valence-corrected chi connectivity index (χ4v) is 9.20. The number of amidine groups is 1. The minimum absolute atomic E-state index is 0.00757. The number of carbonyl (C=O) groups excluding carboxylic acids is 3. The molecule has 2 aromatic rings. The number of carbonyl (C=O) groups is 3. The van der Waals surface area contributed by atoms with Gasteiger partial charge in [0.25, 0.3) is 0 Å². The first kappa shape index (κ1) is 38.3. The number of piperidine rings is 1. The number of sulfone groups is 1. The number of ketones is 1. The fourth-order valence-electron chi connectivity index (χ4n) is 7.45. The number of nitrogens with two attached hydrogens (primary N) is 1. The van der Waals surface area contributed by atoms with Crippen LogP contribution >= 0.6 is 0 Å². The summed E-state index contributed by atoms with van der Waals surface area (Å²) >= 11 is 0. The van der Waals surface area contributed by atoms with Crippen LogP contribution in [0.15, 0.2) is 54.6 Å². The molecule has 0 aromatic heterocycles. The first-order valence-corrected chi connectivity index (χ1v) is 20.1. The second-order valence-corrected chi connectivity index (χ2v) is 16.4. The fraction of sp³-hybridized carbons (Fsp3) is 0.590. The number of hydrogen-bond donors (Lipinski definition) is 3. The van der Waals surface area contributed by atoms with Crippen molar-refractivity contribution >= 4 is 33.3 Å². The summed E-state index contributed by atoms with van der Waals surface area (Å²) in [7, 11) is -3.61. The first-order valence-electron chi connectivity index (χ1n) is 18.3. The highest BCUT2D eigenvalue weighted by atomic mass is 32.2. The third-order valence-corrected chi connectivity index (χ3v) is 12.2. The van der Waals surface area contributed by atoms with E-state index in [1.807, 2.05) is 35.2 Å². The summed E-state index contributed by atoms with van der Waals surface area (Å²) in [6, 6.07) is 15.7. The average Bonchev–Trinajstić information content (AvgIpc) is 3.09. The predicted octanol–water partition coefficient (Wildman–Crippen LogP) is 5.98. The molecule has 2 aliphatic rings. The van der Waals surface area contributed by atoms with Crippen molar-refractivity contribution < 1.29 is 22.8 Å². The van der Waals surface area contributed by atoms with E-state index in [1.54, 1.807) is 31.2 Å². The summed E-state index contributed by atoms with van der Waals surface area (Å²) in [5.41, 5.74) is 7.86. The molecule has 0 bridgehead atoms. The lowest BCUT2D eigenvalue weighted by Gasteiger charge is -2.31. The van der Waals surface area contributed by atoms with Crippen LogP contribution in [0.2, 0.25) is 0 Å². The number of nitrogens with zero attached hydrogens (tertiary/aromatic N) is 1. The van der Waals surface area contributed by atoms with Gasteiger partial charge in [-0.25, -0.2) is 8.42 Å². The van der Waals surface area contributed by atoms with Gasteiger partial charge in [0.05, 0.1) is 23.5 Å². The van der Waals surface area contributed by atoms with Crippen molar-refractivity contribution in [1.29, 1.82) is 5.41 Å². The highest BCUT2D eigenvalue weighted by Crippen LogP contribution is 2.29. The maximum Gasteiger partial charge on any atom is 0.224 e. The molecule has 1 saturated heterocycles. The Morgan fingerprint density at radius 3 is 2.16 bits per heavy atom. The third kappa shape index (κ3) is 13.0. The minimum atomic E-state index is -3.61. The van der Waals surface area contributed by atoms with Crippen molar-refractivity contribution in [3.05, 3.63) is 71.3 Å². The number of amides is 2. The molecule has 1 heterocycles. The summed E-state index contributed by atoms with van der Waals surface area (Å²) in [6.45, 7) is 3.07. The molecule has 4 N–H and O–H groups in total.